The van der Waals surface area contributed by atoms with Gasteiger partial charge in [0.15, 0.2) is 0 Å². The number of hydrogen-bond donors (Lipinski definition) is 3. The van der Waals surface area contributed by atoms with Gasteiger partial charge in [-0.05, 0) is 43.3 Å². The Kier molecular flexibility index (Phi) is 5.46. The summed E-state index contributed by atoms with van der Waals surface area (Å²) in [4.78, 5) is 26.0. The lowest BCUT2D eigenvalue weighted by Gasteiger charge is -2.26. The first-order valence-corrected chi connectivity index (χ1v) is 8.43. The van der Waals surface area contributed by atoms with Gasteiger partial charge in [0.05, 0.1) is 19.7 Å². The quantitative estimate of drug-likeness (QED) is 0.569. The number of urea groups is 1. The van der Waals surface area contributed by atoms with E-state index in [-0.39, 0.29) is 24.2 Å². The fourth-order valence-corrected chi connectivity index (χ4v) is 2.81. The predicted octanol–water partition coefficient (Wildman–Crippen LogP) is 2.63. The Morgan fingerprint density at radius 1 is 1.22 bits per heavy atom. The van der Waals surface area contributed by atoms with Gasteiger partial charge in [0.25, 0.3) is 5.91 Å². The third-order valence-corrected chi connectivity index (χ3v) is 4.39. The number of carbonyl (C=O) groups is 2. The minimum atomic E-state index is -0.618. The second kappa shape index (κ2) is 7.96. The molecule has 0 fully saturated rings. The summed E-state index contributed by atoms with van der Waals surface area (Å²) >= 11 is 0. The molecule has 8 heteroatoms. The third kappa shape index (κ3) is 4.12. The van der Waals surface area contributed by atoms with Crippen LogP contribution in [0.2, 0.25) is 0 Å². The van der Waals surface area contributed by atoms with Gasteiger partial charge < -0.3 is 19.7 Å². The number of nitrogens with one attached hydrogen (secondary N) is 2. The lowest BCUT2D eigenvalue weighted by atomic mass is 10.1. The first-order valence-electron chi connectivity index (χ1n) is 8.43. The molecule has 0 aliphatic carbocycles. The number of fused-ring (bicyclic) bond motifs is 1. The van der Waals surface area contributed by atoms with Crippen molar-refractivity contribution in [1.82, 2.24) is 10.4 Å². The average molecular weight is 371 g/mol. The molecule has 1 heterocycles. The number of methoxy groups -OCH3 is 1. The average Bonchev–Trinajstić information content (AvgIpc) is 2.86. The summed E-state index contributed by atoms with van der Waals surface area (Å²) in [5.41, 5.74) is 3.31. The summed E-state index contributed by atoms with van der Waals surface area (Å²) in [5, 5.41) is 11.6. The van der Waals surface area contributed by atoms with Crippen LogP contribution in [-0.4, -0.2) is 41.8 Å². The SMILES string of the molecule is COc1ccc(NC(=O)N2Cc3ccc(C(=O)NO)cc3OC[C@H]2C)cc1. The van der Waals surface area contributed by atoms with Crippen LogP contribution in [0.1, 0.15) is 22.8 Å². The van der Waals surface area contributed by atoms with Crippen molar-refractivity contribution in [1.29, 1.82) is 0 Å². The van der Waals surface area contributed by atoms with Crippen molar-refractivity contribution in [3.63, 3.8) is 0 Å². The highest BCUT2D eigenvalue weighted by Gasteiger charge is 2.26. The van der Waals surface area contributed by atoms with E-state index in [9.17, 15) is 9.59 Å². The molecule has 142 valence electrons. The first kappa shape index (κ1) is 18.5. The van der Waals surface area contributed by atoms with Crippen LogP contribution in [0.15, 0.2) is 42.5 Å². The first-order chi connectivity index (χ1) is 13.0. The molecule has 0 bridgehead atoms. The van der Waals surface area contributed by atoms with Crippen LogP contribution in [0, 0.1) is 0 Å². The van der Waals surface area contributed by atoms with E-state index in [1.165, 1.54) is 0 Å². The van der Waals surface area contributed by atoms with E-state index in [0.717, 1.165) is 5.56 Å². The second-order valence-electron chi connectivity index (χ2n) is 6.21. The Morgan fingerprint density at radius 3 is 2.63 bits per heavy atom. The molecule has 3 N–H and O–H groups in total. The van der Waals surface area contributed by atoms with Crippen molar-refractivity contribution in [3.8, 4) is 11.5 Å². The normalized spacial score (nSPS) is 15.8. The molecule has 2 aromatic rings. The van der Waals surface area contributed by atoms with Gasteiger partial charge >= 0.3 is 6.03 Å². The van der Waals surface area contributed by atoms with Crippen LogP contribution in [0.5, 0.6) is 11.5 Å². The van der Waals surface area contributed by atoms with Crippen molar-refractivity contribution in [2.75, 3.05) is 19.0 Å². The lowest BCUT2D eigenvalue weighted by Crippen LogP contribution is -2.42. The Labute approximate surface area is 156 Å². The number of nitrogens with zero attached hydrogens (tertiary/aromatic N) is 1. The molecule has 0 aromatic heterocycles. The molecule has 8 nitrogen and oxygen atoms in total. The van der Waals surface area contributed by atoms with E-state index in [4.69, 9.17) is 14.7 Å². The number of carbonyl (C=O) groups excluding carboxylic acids is 2. The molecule has 2 aromatic carbocycles. The maximum absolute atomic E-state index is 12.7. The van der Waals surface area contributed by atoms with E-state index in [1.54, 1.807) is 60.0 Å². The number of amides is 3. The number of ether oxygens (including phenoxy) is 2. The van der Waals surface area contributed by atoms with E-state index < -0.39 is 5.91 Å². The number of hydrogen-bond acceptors (Lipinski definition) is 5. The van der Waals surface area contributed by atoms with Crippen molar-refractivity contribution >= 4 is 17.6 Å². The maximum Gasteiger partial charge on any atom is 0.322 e. The zero-order valence-electron chi connectivity index (χ0n) is 15.1. The highest BCUT2D eigenvalue weighted by Crippen LogP contribution is 2.27. The topological polar surface area (TPSA) is 100 Å². The second-order valence-corrected chi connectivity index (χ2v) is 6.21. The van der Waals surface area contributed by atoms with Crippen LogP contribution in [0.25, 0.3) is 0 Å². The van der Waals surface area contributed by atoms with Crippen LogP contribution in [0.4, 0.5) is 10.5 Å². The summed E-state index contributed by atoms with van der Waals surface area (Å²) in [7, 11) is 1.58. The van der Waals surface area contributed by atoms with Crippen molar-refractivity contribution in [2.24, 2.45) is 0 Å². The molecule has 1 aliphatic heterocycles. The van der Waals surface area contributed by atoms with Gasteiger partial charge in [0.1, 0.15) is 18.1 Å². The fourth-order valence-electron chi connectivity index (χ4n) is 2.81. The molecule has 1 aliphatic rings. The lowest BCUT2D eigenvalue weighted by molar-refractivity contribution is 0.0706. The molecule has 27 heavy (non-hydrogen) atoms. The standard InChI is InChI=1S/C19H21N3O5/c1-12-11-27-17-9-13(18(23)21-25)3-4-14(17)10-22(12)19(24)20-15-5-7-16(26-2)8-6-15/h3-9,12,25H,10-11H2,1-2H3,(H,20,24)(H,21,23)/t12-/m1/s1. The highest BCUT2D eigenvalue weighted by atomic mass is 16.5. The van der Waals surface area contributed by atoms with Crippen LogP contribution in [0.3, 0.4) is 0 Å². The van der Waals surface area contributed by atoms with Gasteiger partial charge in [0, 0.05) is 16.8 Å². The molecule has 3 rings (SSSR count). The Bertz CT molecular complexity index is 838. The molecular weight excluding hydrogens is 350 g/mol. The molecule has 0 saturated carbocycles. The van der Waals surface area contributed by atoms with E-state index in [2.05, 4.69) is 5.32 Å². The van der Waals surface area contributed by atoms with Crippen molar-refractivity contribution in [2.45, 2.75) is 19.5 Å². The number of benzene rings is 2. The molecule has 0 saturated heterocycles. The van der Waals surface area contributed by atoms with Gasteiger partial charge in [-0.1, -0.05) is 6.07 Å². The zero-order valence-corrected chi connectivity index (χ0v) is 15.1. The number of rotatable bonds is 3. The van der Waals surface area contributed by atoms with Gasteiger partial charge in [-0.2, -0.15) is 0 Å². The van der Waals surface area contributed by atoms with Gasteiger partial charge in [-0.25, -0.2) is 10.3 Å². The Balaban J connectivity index is 1.77. The Hall–Kier alpha value is -3.26. The van der Waals surface area contributed by atoms with Crippen LogP contribution in [-0.2, 0) is 6.54 Å². The predicted molar refractivity (Wildman–Crippen MR) is 98.2 cm³/mol. The minimum Gasteiger partial charge on any atom is -0.497 e. The van der Waals surface area contributed by atoms with E-state index >= 15 is 0 Å². The summed E-state index contributed by atoms with van der Waals surface area (Å²) in [6.45, 7) is 2.51. The third-order valence-electron chi connectivity index (χ3n) is 4.39. The largest absolute Gasteiger partial charge is 0.497 e. The molecule has 0 spiro atoms. The molecule has 3 amide bonds. The smallest absolute Gasteiger partial charge is 0.322 e. The fraction of sp³-hybridized carbons (Fsp3) is 0.263. The van der Waals surface area contributed by atoms with Crippen LogP contribution < -0.4 is 20.3 Å². The van der Waals surface area contributed by atoms with Crippen molar-refractivity contribution < 1.29 is 24.3 Å². The summed E-state index contributed by atoms with van der Waals surface area (Å²) < 4.78 is 10.9. The molecular formula is C19H21N3O5. The van der Waals surface area contributed by atoms with E-state index in [0.29, 0.717) is 23.7 Å². The van der Waals surface area contributed by atoms with Crippen LogP contribution >= 0.6 is 0 Å². The van der Waals surface area contributed by atoms with Crippen molar-refractivity contribution in [3.05, 3.63) is 53.6 Å². The molecule has 1 atom stereocenters. The summed E-state index contributed by atoms with van der Waals surface area (Å²) in [5.74, 6) is 0.608. The number of hydroxylamine groups is 1. The Morgan fingerprint density at radius 2 is 1.96 bits per heavy atom. The minimum absolute atomic E-state index is 0.175. The highest BCUT2D eigenvalue weighted by molar-refractivity contribution is 5.94. The molecule has 0 unspecified atom stereocenters. The maximum atomic E-state index is 12.7. The van der Waals surface area contributed by atoms with E-state index in [1.807, 2.05) is 6.92 Å². The molecule has 0 radical (unpaired) electrons. The number of anilines is 1. The summed E-state index contributed by atoms with van der Waals surface area (Å²) in [6, 6.07) is 11.5. The van der Waals surface area contributed by atoms with Gasteiger partial charge in [-0.15, -0.1) is 0 Å². The van der Waals surface area contributed by atoms with Gasteiger partial charge in [-0.3, -0.25) is 10.0 Å². The summed E-state index contributed by atoms with van der Waals surface area (Å²) in [6.07, 6.45) is 0. The monoisotopic (exact) mass is 371 g/mol. The van der Waals surface area contributed by atoms with Gasteiger partial charge in [0.2, 0.25) is 0 Å². The zero-order chi connectivity index (χ0) is 19.4.